The van der Waals surface area contributed by atoms with Crippen LogP contribution < -0.4 is 9.47 Å². The number of non-ortho nitro benzene ring substituents is 1. The number of nitro groups is 1. The highest BCUT2D eigenvalue weighted by Gasteiger charge is 2.08. The normalized spacial score (nSPS) is 9.95. The van der Waals surface area contributed by atoms with Crippen LogP contribution in [0.15, 0.2) is 48.5 Å². The quantitative estimate of drug-likeness (QED) is 0.367. The topological polar surface area (TPSA) is 78.7 Å². The Labute approximate surface area is 125 Å². The zero-order valence-electron chi connectivity index (χ0n) is 10.7. The van der Waals surface area contributed by atoms with E-state index in [0.717, 1.165) is 0 Å². The van der Waals surface area contributed by atoms with Gasteiger partial charge in [0.1, 0.15) is 11.5 Å². The minimum atomic E-state index is -0.587. The van der Waals surface area contributed by atoms with E-state index in [1.54, 1.807) is 24.3 Å². The third kappa shape index (κ3) is 4.47. The molecule has 6 nitrogen and oxygen atoms in total. The lowest BCUT2D eigenvalue weighted by Crippen LogP contribution is -2.17. The highest BCUT2D eigenvalue weighted by molar-refractivity contribution is 6.30. The van der Waals surface area contributed by atoms with E-state index in [2.05, 4.69) is 0 Å². The monoisotopic (exact) mass is 307 g/mol. The summed E-state index contributed by atoms with van der Waals surface area (Å²) in [5.74, 6) is 0.112. The van der Waals surface area contributed by atoms with Gasteiger partial charge in [-0.1, -0.05) is 11.6 Å². The van der Waals surface area contributed by atoms with Crippen molar-refractivity contribution in [3.63, 3.8) is 0 Å². The van der Waals surface area contributed by atoms with Crippen LogP contribution in [0.5, 0.6) is 11.5 Å². The van der Waals surface area contributed by atoms with Gasteiger partial charge in [-0.25, -0.2) is 4.79 Å². The third-order valence-electron chi connectivity index (χ3n) is 2.45. The molecule has 0 aliphatic heterocycles. The van der Waals surface area contributed by atoms with Gasteiger partial charge in [0.15, 0.2) is 6.61 Å². The smallest absolute Gasteiger partial charge is 0.349 e. The number of rotatable bonds is 5. The van der Waals surface area contributed by atoms with Gasteiger partial charge < -0.3 is 9.47 Å². The Balaban J connectivity index is 1.86. The van der Waals surface area contributed by atoms with Gasteiger partial charge in [0.05, 0.1) is 4.92 Å². The number of carbonyl (C=O) groups is 1. The van der Waals surface area contributed by atoms with Crippen molar-refractivity contribution >= 4 is 23.3 Å². The van der Waals surface area contributed by atoms with Crippen LogP contribution in [-0.2, 0) is 4.79 Å². The molecular weight excluding hydrogens is 298 g/mol. The number of halogens is 1. The number of nitro benzene ring substituents is 1. The zero-order chi connectivity index (χ0) is 15.2. The number of carbonyl (C=O) groups excluding carboxylic acids is 1. The number of hydrogen-bond acceptors (Lipinski definition) is 5. The molecule has 0 fully saturated rings. The molecule has 0 radical (unpaired) electrons. The zero-order valence-corrected chi connectivity index (χ0v) is 11.4. The predicted molar refractivity (Wildman–Crippen MR) is 75.7 cm³/mol. The van der Waals surface area contributed by atoms with Crippen molar-refractivity contribution in [1.82, 2.24) is 0 Å². The standard InChI is InChI=1S/C14H10ClNO5/c15-10-1-5-13(6-2-10)21-14(17)9-20-12-7-3-11(4-8-12)16(18)19/h1-8H,9H2. The maximum Gasteiger partial charge on any atom is 0.349 e. The molecule has 0 heterocycles. The van der Waals surface area contributed by atoms with E-state index in [9.17, 15) is 14.9 Å². The Bertz CT molecular complexity index is 639. The average Bonchev–Trinajstić information content (AvgIpc) is 2.48. The van der Waals surface area contributed by atoms with Gasteiger partial charge in [-0.3, -0.25) is 10.1 Å². The molecule has 0 unspecified atom stereocenters. The van der Waals surface area contributed by atoms with Crippen molar-refractivity contribution in [2.24, 2.45) is 0 Å². The van der Waals surface area contributed by atoms with Crippen LogP contribution >= 0.6 is 11.6 Å². The highest BCUT2D eigenvalue weighted by atomic mass is 35.5. The van der Waals surface area contributed by atoms with Crippen molar-refractivity contribution in [1.29, 1.82) is 0 Å². The van der Waals surface area contributed by atoms with Gasteiger partial charge in [0, 0.05) is 17.2 Å². The van der Waals surface area contributed by atoms with Gasteiger partial charge in [0.2, 0.25) is 0 Å². The van der Waals surface area contributed by atoms with Gasteiger partial charge in [-0.2, -0.15) is 0 Å². The maximum absolute atomic E-state index is 11.6. The van der Waals surface area contributed by atoms with E-state index < -0.39 is 10.9 Å². The number of esters is 1. The molecule has 0 amide bonds. The first kappa shape index (κ1) is 14.8. The van der Waals surface area contributed by atoms with E-state index in [1.807, 2.05) is 0 Å². The molecule has 0 N–H and O–H groups in total. The molecule has 0 saturated carbocycles. The molecular formula is C14H10ClNO5. The summed E-state index contributed by atoms with van der Waals surface area (Å²) in [5, 5.41) is 11.0. The Morgan fingerprint density at radius 2 is 1.62 bits per heavy atom. The first-order chi connectivity index (χ1) is 10.0. The van der Waals surface area contributed by atoms with Gasteiger partial charge >= 0.3 is 5.97 Å². The van der Waals surface area contributed by atoms with Crippen LogP contribution in [0.25, 0.3) is 0 Å². The summed E-state index contributed by atoms with van der Waals surface area (Å²) in [6.45, 7) is -0.305. The highest BCUT2D eigenvalue weighted by Crippen LogP contribution is 2.18. The van der Waals surface area contributed by atoms with Crippen molar-refractivity contribution in [2.75, 3.05) is 6.61 Å². The molecule has 2 aromatic rings. The molecule has 0 bridgehead atoms. The van der Waals surface area contributed by atoms with E-state index >= 15 is 0 Å². The molecule has 0 saturated heterocycles. The number of benzene rings is 2. The van der Waals surface area contributed by atoms with Gasteiger partial charge in [-0.05, 0) is 36.4 Å². The van der Waals surface area contributed by atoms with Crippen molar-refractivity contribution < 1.29 is 19.2 Å². The lowest BCUT2D eigenvalue weighted by molar-refractivity contribution is -0.384. The summed E-state index contributed by atoms with van der Waals surface area (Å²) in [4.78, 5) is 21.5. The van der Waals surface area contributed by atoms with E-state index in [-0.39, 0.29) is 12.3 Å². The fraction of sp³-hybridized carbons (Fsp3) is 0.0714. The second-order valence-corrected chi connectivity index (χ2v) is 4.40. The number of hydrogen-bond donors (Lipinski definition) is 0. The van der Waals surface area contributed by atoms with Gasteiger partial charge in [0.25, 0.3) is 5.69 Å². The molecule has 21 heavy (non-hydrogen) atoms. The first-order valence-electron chi connectivity index (χ1n) is 5.88. The summed E-state index contributed by atoms with van der Waals surface area (Å²) in [6, 6.07) is 11.7. The first-order valence-corrected chi connectivity index (χ1v) is 6.26. The lowest BCUT2D eigenvalue weighted by Gasteiger charge is -2.06. The van der Waals surface area contributed by atoms with Gasteiger partial charge in [-0.15, -0.1) is 0 Å². The Morgan fingerprint density at radius 1 is 1.05 bits per heavy atom. The Hall–Kier alpha value is -2.60. The third-order valence-corrected chi connectivity index (χ3v) is 2.70. The summed E-state index contributed by atoms with van der Waals surface area (Å²) in [5.41, 5.74) is -0.0499. The van der Waals surface area contributed by atoms with Crippen LogP contribution in [0.3, 0.4) is 0 Å². The second kappa shape index (κ2) is 6.71. The summed E-state index contributed by atoms with van der Waals surface area (Å²) < 4.78 is 10.2. The van der Waals surface area contributed by atoms with Crippen LogP contribution in [0.2, 0.25) is 5.02 Å². The molecule has 0 aliphatic rings. The molecule has 0 spiro atoms. The molecule has 7 heteroatoms. The average molecular weight is 308 g/mol. The number of ether oxygens (including phenoxy) is 2. The second-order valence-electron chi connectivity index (χ2n) is 3.97. The SMILES string of the molecule is O=C(COc1ccc([N+](=O)[O-])cc1)Oc1ccc(Cl)cc1. The van der Waals surface area contributed by atoms with E-state index in [4.69, 9.17) is 21.1 Å². The Kier molecular flexibility index (Phi) is 4.73. The van der Waals surface area contributed by atoms with Crippen LogP contribution in [0, 0.1) is 10.1 Å². The predicted octanol–water partition coefficient (Wildman–Crippen LogP) is 3.23. The molecule has 0 aromatic heterocycles. The maximum atomic E-state index is 11.6. The van der Waals surface area contributed by atoms with Crippen LogP contribution in [-0.4, -0.2) is 17.5 Å². The van der Waals surface area contributed by atoms with Crippen molar-refractivity contribution in [2.45, 2.75) is 0 Å². The Morgan fingerprint density at radius 3 is 2.19 bits per heavy atom. The summed E-state index contributed by atoms with van der Waals surface area (Å²) in [6.07, 6.45) is 0. The molecule has 2 rings (SSSR count). The molecule has 2 aromatic carbocycles. The lowest BCUT2D eigenvalue weighted by atomic mass is 10.3. The van der Waals surface area contributed by atoms with E-state index in [1.165, 1.54) is 24.3 Å². The fourth-order valence-corrected chi connectivity index (χ4v) is 1.60. The van der Waals surface area contributed by atoms with Crippen molar-refractivity contribution in [3.05, 3.63) is 63.7 Å². The van der Waals surface area contributed by atoms with Crippen LogP contribution in [0.1, 0.15) is 0 Å². The van der Waals surface area contributed by atoms with Crippen LogP contribution in [0.4, 0.5) is 5.69 Å². The number of nitrogens with zero attached hydrogens (tertiary/aromatic N) is 1. The largest absolute Gasteiger partial charge is 0.482 e. The fourth-order valence-electron chi connectivity index (χ4n) is 1.47. The molecule has 0 atom stereocenters. The minimum Gasteiger partial charge on any atom is -0.482 e. The summed E-state index contributed by atoms with van der Waals surface area (Å²) in [7, 11) is 0. The molecule has 0 aliphatic carbocycles. The van der Waals surface area contributed by atoms with Crippen molar-refractivity contribution in [3.8, 4) is 11.5 Å². The molecule has 108 valence electrons. The van der Waals surface area contributed by atoms with E-state index in [0.29, 0.717) is 16.5 Å². The summed E-state index contributed by atoms with van der Waals surface area (Å²) >= 11 is 5.71. The minimum absolute atomic E-state index is 0.0499.